The number of benzene rings is 2. The lowest BCUT2D eigenvalue weighted by Gasteiger charge is -2.06. The van der Waals surface area contributed by atoms with E-state index >= 15 is 0 Å². The maximum atomic E-state index is 13.6. The highest BCUT2D eigenvalue weighted by Gasteiger charge is 2.13. The van der Waals surface area contributed by atoms with Gasteiger partial charge in [-0.25, -0.2) is 18.9 Å². The second kappa shape index (κ2) is 10.3. The summed E-state index contributed by atoms with van der Waals surface area (Å²) in [4.78, 5) is 12.0. The molecule has 8 nitrogen and oxygen atoms in total. The van der Waals surface area contributed by atoms with Crippen LogP contribution in [0, 0.1) is 11.6 Å². The number of thioether (sulfide) groups is 1. The number of nitrogens with zero attached hydrogens (tertiary/aromatic N) is 4. The summed E-state index contributed by atoms with van der Waals surface area (Å²) in [6.07, 6.45) is 3.74. The molecule has 3 rings (SSSR count). The zero-order valence-electron chi connectivity index (χ0n) is 16.4. The van der Waals surface area contributed by atoms with Gasteiger partial charge >= 0.3 is 0 Å². The Bertz CT molecular complexity index is 1120. The van der Waals surface area contributed by atoms with Crippen molar-refractivity contribution in [3.8, 4) is 0 Å². The number of allylic oxidation sites excluding steroid dienone is 1. The van der Waals surface area contributed by atoms with Crippen LogP contribution in [0.1, 0.15) is 12.5 Å². The molecule has 4 N–H and O–H groups in total. The van der Waals surface area contributed by atoms with Gasteiger partial charge in [0.05, 0.1) is 17.2 Å². The van der Waals surface area contributed by atoms with Crippen molar-refractivity contribution in [2.24, 2.45) is 5.10 Å². The Morgan fingerprint density at radius 2 is 2.00 bits per heavy atom. The van der Waals surface area contributed by atoms with E-state index in [9.17, 15) is 13.6 Å². The third kappa shape index (κ3) is 6.37. The Balaban J connectivity index is 1.53. The van der Waals surface area contributed by atoms with Gasteiger partial charge in [0.15, 0.2) is 0 Å². The van der Waals surface area contributed by atoms with Gasteiger partial charge in [-0.3, -0.25) is 4.79 Å². The quantitative estimate of drug-likeness (QED) is 0.213. The Labute approximate surface area is 181 Å². The normalized spacial score (nSPS) is 11.6. The number of hydrogen-bond donors (Lipinski definition) is 3. The molecule has 160 valence electrons. The molecule has 0 saturated heterocycles. The van der Waals surface area contributed by atoms with Crippen LogP contribution in [-0.4, -0.2) is 32.2 Å². The first-order valence-electron chi connectivity index (χ1n) is 9.04. The third-order valence-electron chi connectivity index (χ3n) is 3.85. The van der Waals surface area contributed by atoms with Crippen LogP contribution in [-0.2, 0) is 4.79 Å². The Morgan fingerprint density at radius 1 is 1.23 bits per heavy atom. The summed E-state index contributed by atoms with van der Waals surface area (Å²) in [5, 5.41) is 14.6. The Kier molecular flexibility index (Phi) is 7.33. The highest BCUT2D eigenvalue weighted by atomic mass is 32.2. The second-order valence-corrected chi connectivity index (χ2v) is 7.19. The van der Waals surface area contributed by atoms with E-state index in [1.165, 1.54) is 0 Å². The molecule has 0 bridgehead atoms. The average molecular weight is 443 g/mol. The number of carbonyl (C=O) groups is 1. The summed E-state index contributed by atoms with van der Waals surface area (Å²) in [5.74, 6) is 3.91. The smallest absolute Gasteiger partial charge is 0.264 e. The molecule has 0 aliphatic rings. The van der Waals surface area contributed by atoms with Crippen molar-refractivity contribution in [1.82, 2.24) is 14.9 Å². The topological polar surface area (TPSA) is 110 Å². The third-order valence-corrected chi connectivity index (χ3v) is 4.79. The van der Waals surface area contributed by atoms with E-state index in [0.717, 1.165) is 34.1 Å². The van der Waals surface area contributed by atoms with Gasteiger partial charge in [0.1, 0.15) is 11.6 Å². The van der Waals surface area contributed by atoms with E-state index in [1.54, 1.807) is 6.92 Å². The van der Waals surface area contributed by atoms with Crippen LogP contribution in [0.3, 0.4) is 0 Å². The lowest BCUT2D eigenvalue weighted by molar-refractivity contribution is -0.113. The number of nitrogens with two attached hydrogens (primary N) is 1. The first-order chi connectivity index (χ1) is 14.9. The SMILES string of the molecule is CC(/C=C/c1ccccc1)=N\Nc1nnc(SCC(=O)Nc2ccc(F)cc2F)n1N. The summed E-state index contributed by atoms with van der Waals surface area (Å²) in [7, 11) is 0. The minimum Gasteiger partial charge on any atom is -0.334 e. The largest absolute Gasteiger partial charge is 0.334 e. The highest BCUT2D eigenvalue weighted by molar-refractivity contribution is 7.99. The molecule has 1 aromatic heterocycles. The van der Waals surface area contributed by atoms with Crippen LogP contribution < -0.4 is 16.6 Å². The number of aromatic nitrogens is 3. The molecular weight excluding hydrogens is 424 g/mol. The predicted molar refractivity (Wildman–Crippen MR) is 118 cm³/mol. The monoisotopic (exact) mass is 443 g/mol. The average Bonchev–Trinajstić information content (AvgIpc) is 3.11. The molecule has 1 amide bonds. The molecule has 0 aliphatic heterocycles. The fraction of sp³-hybridized carbons (Fsp3) is 0.100. The molecule has 0 radical (unpaired) electrons. The van der Waals surface area contributed by atoms with Gasteiger partial charge in [0, 0.05) is 6.07 Å². The number of nitrogens with one attached hydrogen (secondary N) is 2. The van der Waals surface area contributed by atoms with Gasteiger partial charge in [-0.1, -0.05) is 48.2 Å². The number of hydrazone groups is 1. The van der Waals surface area contributed by atoms with Gasteiger partial charge in [0.2, 0.25) is 11.1 Å². The molecular formula is C20H19F2N7OS. The van der Waals surface area contributed by atoms with Crippen LogP contribution >= 0.6 is 11.8 Å². The van der Waals surface area contributed by atoms with Gasteiger partial charge < -0.3 is 11.2 Å². The van der Waals surface area contributed by atoms with E-state index in [0.29, 0.717) is 11.8 Å². The van der Waals surface area contributed by atoms with Crippen LogP contribution in [0.15, 0.2) is 64.9 Å². The molecule has 0 aliphatic carbocycles. The first-order valence-corrected chi connectivity index (χ1v) is 10.0. The standard InChI is InChI=1S/C20H19F2N7OS/c1-13(7-8-14-5-3-2-4-6-14)25-26-19-27-28-20(29(19)23)31-12-18(30)24-17-10-9-15(21)11-16(17)22/h2-11H,12,23H2,1H3,(H,24,30)(H,26,27)/b8-7+,25-13+. The van der Waals surface area contributed by atoms with E-state index in [4.69, 9.17) is 5.84 Å². The van der Waals surface area contributed by atoms with Crippen molar-refractivity contribution in [2.45, 2.75) is 12.1 Å². The van der Waals surface area contributed by atoms with Crippen molar-refractivity contribution in [3.05, 3.63) is 71.8 Å². The minimum atomic E-state index is -0.860. The summed E-state index contributed by atoms with van der Waals surface area (Å²) in [5.41, 5.74) is 4.32. The first kappa shape index (κ1) is 22.0. The molecule has 2 aromatic carbocycles. The van der Waals surface area contributed by atoms with Crippen LogP contribution in [0.4, 0.5) is 20.4 Å². The molecule has 11 heteroatoms. The maximum Gasteiger partial charge on any atom is 0.264 e. The zero-order valence-corrected chi connectivity index (χ0v) is 17.2. The van der Waals surface area contributed by atoms with Crippen molar-refractivity contribution < 1.29 is 13.6 Å². The number of halogens is 2. The van der Waals surface area contributed by atoms with Crippen LogP contribution in [0.25, 0.3) is 6.08 Å². The van der Waals surface area contributed by atoms with E-state index in [2.05, 4.69) is 26.0 Å². The fourth-order valence-corrected chi connectivity index (χ4v) is 2.97. The number of carbonyl (C=O) groups excluding carboxylic acids is 1. The van der Waals surface area contributed by atoms with E-state index < -0.39 is 17.5 Å². The fourth-order valence-electron chi connectivity index (χ4n) is 2.32. The number of amides is 1. The highest BCUT2D eigenvalue weighted by Crippen LogP contribution is 2.19. The minimum absolute atomic E-state index is 0.103. The second-order valence-electron chi connectivity index (χ2n) is 6.25. The van der Waals surface area contributed by atoms with Gasteiger partial charge in [-0.15, -0.1) is 10.2 Å². The number of anilines is 2. The maximum absolute atomic E-state index is 13.6. The van der Waals surface area contributed by atoms with E-state index in [-0.39, 0.29) is 22.5 Å². The summed E-state index contributed by atoms with van der Waals surface area (Å²) < 4.78 is 27.7. The van der Waals surface area contributed by atoms with E-state index in [1.807, 2.05) is 42.5 Å². The molecule has 1 heterocycles. The number of rotatable bonds is 8. The number of nitrogen functional groups attached to an aromatic ring is 1. The number of hydrogen-bond acceptors (Lipinski definition) is 7. The summed E-state index contributed by atoms with van der Waals surface area (Å²) >= 11 is 0.999. The lowest BCUT2D eigenvalue weighted by Crippen LogP contribution is -2.17. The van der Waals surface area contributed by atoms with Gasteiger partial charge in [0.25, 0.3) is 5.95 Å². The Hall–Kier alpha value is -3.73. The molecule has 0 unspecified atom stereocenters. The van der Waals surface area contributed by atoms with Gasteiger partial charge in [-0.2, -0.15) is 5.10 Å². The van der Waals surface area contributed by atoms with Crippen molar-refractivity contribution >= 4 is 41.1 Å². The molecule has 3 aromatic rings. The zero-order chi connectivity index (χ0) is 22.2. The molecule has 0 fully saturated rings. The van der Waals surface area contributed by atoms with Crippen molar-refractivity contribution in [3.63, 3.8) is 0 Å². The summed E-state index contributed by atoms with van der Waals surface area (Å²) in [6.45, 7) is 1.80. The van der Waals surface area contributed by atoms with Crippen molar-refractivity contribution in [2.75, 3.05) is 22.3 Å². The van der Waals surface area contributed by atoms with Gasteiger partial charge in [-0.05, 0) is 30.7 Å². The molecule has 0 saturated carbocycles. The summed E-state index contributed by atoms with van der Waals surface area (Å²) in [6, 6.07) is 12.7. The molecule has 0 atom stereocenters. The van der Waals surface area contributed by atoms with Crippen molar-refractivity contribution in [1.29, 1.82) is 0 Å². The molecule has 31 heavy (non-hydrogen) atoms. The van der Waals surface area contributed by atoms with Crippen LogP contribution in [0.5, 0.6) is 0 Å². The Morgan fingerprint density at radius 3 is 2.74 bits per heavy atom. The van der Waals surface area contributed by atoms with Crippen LogP contribution in [0.2, 0.25) is 0 Å². The molecule has 0 spiro atoms. The predicted octanol–water partition coefficient (Wildman–Crippen LogP) is 3.50. The lowest BCUT2D eigenvalue weighted by atomic mass is 10.2.